The lowest BCUT2D eigenvalue weighted by Gasteiger charge is -2.21. The van der Waals surface area contributed by atoms with Gasteiger partial charge in [0.1, 0.15) is 5.82 Å². The third-order valence-electron chi connectivity index (χ3n) is 6.78. The maximum absolute atomic E-state index is 6.16. The van der Waals surface area contributed by atoms with Crippen molar-refractivity contribution in [2.45, 2.75) is 65.3 Å². The number of hydrogen-bond donors (Lipinski definition) is 1. The molecule has 1 unspecified atom stereocenters. The molecule has 1 atom stereocenters. The molecule has 0 spiro atoms. The van der Waals surface area contributed by atoms with Crippen LogP contribution >= 0.6 is 0 Å². The van der Waals surface area contributed by atoms with Crippen LogP contribution in [0.4, 0.5) is 5.82 Å². The summed E-state index contributed by atoms with van der Waals surface area (Å²) in [5.74, 6) is 3.24. The molecule has 2 aliphatic rings. The van der Waals surface area contributed by atoms with E-state index in [2.05, 4.69) is 43.1 Å². The molecule has 4 rings (SSSR count). The van der Waals surface area contributed by atoms with Crippen molar-refractivity contribution < 1.29 is 9.47 Å². The van der Waals surface area contributed by atoms with Crippen molar-refractivity contribution >= 4 is 16.7 Å². The van der Waals surface area contributed by atoms with E-state index in [9.17, 15) is 0 Å². The lowest BCUT2D eigenvalue weighted by molar-refractivity contribution is 0.254. The maximum Gasteiger partial charge on any atom is 0.163 e. The van der Waals surface area contributed by atoms with E-state index in [4.69, 9.17) is 14.5 Å². The molecule has 164 valence electrons. The number of aryl methyl sites for hydroxylation is 1. The number of ether oxygens (including phenoxy) is 2. The fraction of sp³-hybridized carbons (Fsp3) is 0.640. The van der Waals surface area contributed by atoms with Gasteiger partial charge in [0, 0.05) is 24.0 Å². The number of aromatic nitrogens is 1. The molecule has 1 aromatic heterocycles. The van der Waals surface area contributed by atoms with E-state index in [1.54, 1.807) is 7.11 Å². The number of nitrogens with zero attached hydrogens (tertiary/aromatic N) is 2. The molecule has 1 saturated heterocycles. The Morgan fingerprint density at radius 2 is 1.80 bits per heavy atom. The minimum atomic E-state index is 0.388. The van der Waals surface area contributed by atoms with E-state index in [0.717, 1.165) is 48.6 Å². The molecule has 0 bridgehead atoms. The van der Waals surface area contributed by atoms with E-state index >= 15 is 0 Å². The van der Waals surface area contributed by atoms with Crippen LogP contribution in [0.3, 0.4) is 0 Å². The second-order valence-electron chi connectivity index (χ2n) is 9.22. The van der Waals surface area contributed by atoms with Crippen LogP contribution in [0.15, 0.2) is 12.1 Å². The summed E-state index contributed by atoms with van der Waals surface area (Å²) in [6, 6.07) is 4.60. The maximum atomic E-state index is 6.16. The molecule has 1 fully saturated rings. The lowest BCUT2D eigenvalue weighted by atomic mass is 10.0. The Morgan fingerprint density at radius 3 is 2.53 bits per heavy atom. The van der Waals surface area contributed by atoms with E-state index < -0.39 is 0 Å². The predicted molar refractivity (Wildman–Crippen MR) is 124 cm³/mol. The molecule has 2 aromatic rings. The first kappa shape index (κ1) is 21.2. The average Bonchev–Trinajstić information content (AvgIpc) is 3.43. The van der Waals surface area contributed by atoms with Crippen LogP contribution in [0.25, 0.3) is 10.9 Å². The number of pyridine rings is 1. The molecule has 30 heavy (non-hydrogen) atoms. The summed E-state index contributed by atoms with van der Waals surface area (Å²) < 4.78 is 11.9. The zero-order chi connectivity index (χ0) is 21.1. The van der Waals surface area contributed by atoms with Gasteiger partial charge in [0.15, 0.2) is 11.5 Å². The Balaban J connectivity index is 1.57. The van der Waals surface area contributed by atoms with E-state index in [1.807, 2.05) is 0 Å². The molecule has 5 nitrogen and oxygen atoms in total. The van der Waals surface area contributed by atoms with Gasteiger partial charge in [-0.3, -0.25) is 0 Å². The monoisotopic (exact) mass is 411 g/mol. The first-order chi connectivity index (χ1) is 14.6. The topological polar surface area (TPSA) is 46.6 Å². The number of likely N-dealkylation sites (tertiary alicyclic amines) is 1. The summed E-state index contributed by atoms with van der Waals surface area (Å²) in [5.41, 5.74) is 3.82. The van der Waals surface area contributed by atoms with E-state index in [0.29, 0.717) is 18.6 Å². The Morgan fingerprint density at radius 1 is 1.03 bits per heavy atom. The second-order valence-corrected chi connectivity index (χ2v) is 9.22. The largest absolute Gasteiger partial charge is 0.493 e. The Kier molecular flexibility index (Phi) is 6.67. The van der Waals surface area contributed by atoms with Gasteiger partial charge in [0.25, 0.3) is 0 Å². The number of benzene rings is 1. The average molecular weight is 412 g/mol. The van der Waals surface area contributed by atoms with Gasteiger partial charge in [-0.15, -0.1) is 0 Å². The molecule has 0 saturated carbocycles. The highest BCUT2D eigenvalue weighted by atomic mass is 16.5. The lowest BCUT2D eigenvalue weighted by Crippen LogP contribution is -2.23. The van der Waals surface area contributed by atoms with Gasteiger partial charge in [-0.1, -0.05) is 13.8 Å². The van der Waals surface area contributed by atoms with Crippen molar-refractivity contribution in [1.82, 2.24) is 9.88 Å². The minimum Gasteiger partial charge on any atom is -0.493 e. The summed E-state index contributed by atoms with van der Waals surface area (Å²) in [6.45, 7) is 11.0. The highest BCUT2D eigenvalue weighted by Crippen LogP contribution is 2.39. The summed E-state index contributed by atoms with van der Waals surface area (Å²) in [5, 5.41) is 4.89. The summed E-state index contributed by atoms with van der Waals surface area (Å²) in [7, 11) is 1.73. The summed E-state index contributed by atoms with van der Waals surface area (Å²) in [4.78, 5) is 7.57. The zero-order valence-electron chi connectivity index (χ0n) is 19.1. The normalized spacial score (nSPS) is 17.5. The van der Waals surface area contributed by atoms with Crippen LogP contribution < -0.4 is 14.8 Å². The standard InChI is InChI=1S/C25H37N3O2/c1-17(2)18(3)26-25-20-10-7-9-19(20)21-15-23(29-4)24(16-22(21)27-25)30-14-8-13-28-11-5-6-12-28/h15-18H,5-14H2,1-4H3,(H,26,27). The van der Waals surface area contributed by atoms with Gasteiger partial charge >= 0.3 is 0 Å². The third kappa shape index (κ3) is 4.51. The van der Waals surface area contributed by atoms with Gasteiger partial charge < -0.3 is 19.7 Å². The molecule has 1 aromatic carbocycles. The zero-order valence-corrected chi connectivity index (χ0v) is 19.1. The van der Waals surface area contributed by atoms with Crippen molar-refractivity contribution in [3.8, 4) is 11.5 Å². The summed E-state index contributed by atoms with van der Waals surface area (Å²) >= 11 is 0. The smallest absolute Gasteiger partial charge is 0.163 e. The van der Waals surface area contributed by atoms with Crippen molar-refractivity contribution in [2.24, 2.45) is 5.92 Å². The minimum absolute atomic E-state index is 0.388. The number of nitrogens with one attached hydrogen (secondary N) is 1. The first-order valence-electron chi connectivity index (χ1n) is 11.7. The van der Waals surface area contributed by atoms with Crippen LogP contribution in [-0.2, 0) is 12.8 Å². The number of methoxy groups -OCH3 is 1. The van der Waals surface area contributed by atoms with Crippen molar-refractivity contribution in [2.75, 3.05) is 38.7 Å². The Hall–Kier alpha value is -2.01. The highest BCUT2D eigenvalue weighted by Gasteiger charge is 2.23. The number of hydrogen-bond acceptors (Lipinski definition) is 5. The fourth-order valence-corrected chi connectivity index (χ4v) is 4.62. The molecule has 1 N–H and O–H groups in total. The van der Waals surface area contributed by atoms with Crippen LogP contribution in [0, 0.1) is 5.92 Å². The van der Waals surface area contributed by atoms with Gasteiger partial charge in [-0.25, -0.2) is 4.98 Å². The van der Waals surface area contributed by atoms with Gasteiger partial charge in [0.2, 0.25) is 0 Å². The van der Waals surface area contributed by atoms with Crippen LogP contribution in [0.1, 0.15) is 57.6 Å². The van der Waals surface area contributed by atoms with Crippen LogP contribution in [0.2, 0.25) is 0 Å². The number of rotatable bonds is 9. The van der Waals surface area contributed by atoms with Gasteiger partial charge in [-0.05, 0) is 81.6 Å². The Bertz CT molecular complexity index is 875. The van der Waals surface area contributed by atoms with Crippen LogP contribution in [0.5, 0.6) is 11.5 Å². The molecular formula is C25H37N3O2. The molecule has 1 aliphatic carbocycles. The second kappa shape index (κ2) is 9.42. The molecule has 5 heteroatoms. The number of anilines is 1. The number of fused-ring (bicyclic) bond motifs is 3. The van der Waals surface area contributed by atoms with E-state index in [1.165, 1.54) is 48.9 Å². The SMILES string of the molecule is COc1cc2c3c(c(NC(C)C(C)C)nc2cc1OCCCN1CCCC1)CCC3. The molecule has 2 heterocycles. The highest BCUT2D eigenvalue weighted by molar-refractivity contribution is 5.89. The fourth-order valence-electron chi connectivity index (χ4n) is 4.62. The molecule has 0 radical (unpaired) electrons. The third-order valence-corrected chi connectivity index (χ3v) is 6.78. The summed E-state index contributed by atoms with van der Waals surface area (Å²) in [6.07, 6.45) is 7.11. The Labute approximate surface area is 181 Å². The first-order valence-corrected chi connectivity index (χ1v) is 11.7. The van der Waals surface area contributed by atoms with E-state index in [-0.39, 0.29) is 0 Å². The molecule has 1 aliphatic heterocycles. The van der Waals surface area contributed by atoms with Gasteiger partial charge in [0.05, 0.1) is 19.2 Å². The van der Waals surface area contributed by atoms with Gasteiger partial charge in [-0.2, -0.15) is 0 Å². The molecule has 0 amide bonds. The van der Waals surface area contributed by atoms with Crippen molar-refractivity contribution in [3.05, 3.63) is 23.3 Å². The molecular weight excluding hydrogens is 374 g/mol. The predicted octanol–water partition coefficient (Wildman–Crippen LogP) is 5.05. The van der Waals surface area contributed by atoms with Crippen molar-refractivity contribution in [3.63, 3.8) is 0 Å². The van der Waals surface area contributed by atoms with Crippen LogP contribution in [-0.4, -0.2) is 49.3 Å². The van der Waals surface area contributed by atoms with Crippen molar-refractivity contribution in [1.29, 1.82) is 0 Å². The quantitative estimate of drug-likeness (QED) is 0.585.